The molecule has 3 rings (SSSR count). The van der Waals surface area contributed by atoms with Gasteiger partial charge in [0.15, 0.2) is 0 Å². The van der Waals surface area contributed by atoms with Gasteiger partial charge in [0.1, 0.15) is 0 Å². The molecule has 1 aromatic carbocycles. The summed E-state index contributed by atoms with van der Waals surface area (Å²) in [6.45, 7) is 4.75. The van der Waals surface area contributed by atoms with Gasteiger partial charge in [0, 0.05) is 31.2 Å². The molecule has 3 atom stereocenters. The molecule has 2 aliphatic heterocycles. The lowest BCUT2D eigenvalue weighted by atomic mass is 10.0. The van der Waals surface area contributed by atoms with E-state index in [0.29, 0.717) is 6.04 Å². The fourth-order valence-electron chi connectivity index (χ4n) is 3.51. The van der Waals surface area contributed by atoms with E-state index in [1.54, 1.807) is 0 Å². The maximum absolute atomic E-state index is 2.74. The molecule has 3 unspecified atom stereocenters. The summed E-state index contributed by atoms with van der Waals surface area (Å²) in [5.41, 5.74) is 1.46. The molecule has 2 nitrogen and oxygen atoms in total. The molecule has 0 radical (unpaired) electrons. The highest BCUT2D eigenvalue weighted by Gasteiger charge is 2.42. The number of rotatable bonds is 2. The number of hydrogen-bond donors (Lipinski definition) is 0. The van der Waals surface area contributed by atoms with Gasteiger partial charge in [-0.25, -0.2) is 0 Å². The van der Waals surface area contributed by atoms with Crippen LogP contribution in [-0.4, -0.2) is 41.5 Å². The Morgan fingerprint density at radius 1 is 1.18 bits per heavy atom. The molecule has 17 heavy (non-hydrogen) atoms. The Kier molecular flexibility index (Phi) is 2.93. The zero-order chi connectivity index (χ0) is 11.8. The second kappa shape index (κ2) is 4.43. The summed E-state index contributed by atoms with van der Waals surface area (Å²) in [5, 5.41) is 0. The molecule has 0 amide bonds. The summed E-state index contributed by atoms with van der Waals surface area (Å²) in [4.78, 5) is 5.27. The quantitative estimate of drug-likeness (QED) is 0.769. The summed E-state index contributed by atoms with van der Waals surface area (Å²) in [6.07, 6.45) is 2.76. The molecule has 1 aromatic rings. The molecule has 0 spiro atoms. The third kappa shape index (κ3) is 2.00. The molecule has 2 heteroatoms. The second-order valence-corrected chi connectivity index (χ2v) is 5.64. The largest absolute Gasteiger partial charge is 0.301 e. The zero-order valence-corrected chi connectivity index (χ0v) is 10.8. The van der Waals surface area contributed by atoms with Crippen LogP contribution in [0, 0.1) is 0 Å². The Labute approximate surface area is 104 Å². The third-order valence-corrected chi connectivity index (χ3v) is 4.65. The summed E-state index contributed by atoms with van der Waals surface area (Å²) in [6, 6.07) is 13.2. The van der Waals surface area contributed by atoms with Gasteiger partial charge in [0.05, 0.1) is 0 Å². The van der Waals surface area contributed by atoms with E-state index in [9.17, 15) is 0 Å². The molecule has 2 fully saturated rings. The van der Waals surface area contributed by atoms with Crippen LogP contribution in [-0.2, 0) is 6.54 Å². The van der Waals surface area contributed by atoms with E-state index < -0.39 is 0 Å². The lowest BCUT2D eigenvalue weighted by molar-refractivity contribution is 0.0338. The van der Waals surface area contributed by atoms with Gasteiger partial charge in [-0.1, -0.05) is 30.3 Å². The predicted molar refractivity (Wildman–Crippen MR) is 70.9 cm³/mol. The average molecular weight is 230 g/mol. The summed E-state index contributed by atoms with van der Waals surface area (Å²) >= 11 is 0. The molecule has 0 aromatic heterocycles. The highest BCUT2D eigenvalue weighted by molar-refractivity contribution is 5.16. The predicted octanol–water partition coefficient (Wildman–Crippen LogP) is 2.35. The molecule has 2 aliphatic rings. The Bertz CT molecular complexity index is 376. The van der Waals surface area contributed by atoms with Crippen LogP contribution in [0.25, 0.3) is 0 Å². The van der Waals surface area contributed by atoms with Crippen molar-refractivity contribution in [3.05, 3.63) is 35.9 Å². The first-order valence-corrected chi connectivity index (χ1v) is 6.75. The van der Waals surface area contributed by atoms with Crippen LogP contribution in [0.5, 0.6) is 0 Å². The number of likely N-dealkylation sites (tertiary alicyclic amines) is 1. The fourth-order valence-corrected chi connectivity index (χ4v) is 3.51. The minimum atomic E-state index is 0.706. The number of fused-ring (bicyclic) bond motifs is 2. The molecule has 2 heterocycles. The van der Waals surface area contributed by atoms with Gasteiger partial charge in [0.2, 0.25) is 0 Å². The van der Waals surface area contributed by atoms with Crippen LogP contribution in [0.2, 0.25) is 0 Å². The lowest BCUT2D eigenvalue weighted by Crippen LogP contribution is -2.56. The molecule has 2 saturated heterocycles. The SMILES string of the molecule is CC1C2CCC(CN1C)N2Cc1ccccc1. The van der Waals surface area contributed by atoms with Crippen molar-refractivity contribution in [2.45, 2.75) is 44.4 Å². The van der Waals surface area contributed by atoms with Crippen molar-refractivity contribution < 1.29 is 0 Å². The molecular formula is C15H22N2. The van der Waals surface area contributed by atoms with Crippen molar-refractivity contribution in [2.75, 3.05) is 13.6 Å². The van der Waals surface area contributed by atoms with E-state index in [2.05, 4.69) is 54.1 Å². The maximum atomic E-state index is 2.74. The molecule has 0 N–H and O–H groups in total. The first-order chi connectivity index (χ1) is 8.25. The number of hydrogen-bond acceptors (Lipinski definition) is 2. The molecular weight excluding hydrogens is 208 g/mol. The standard InChI is InChI=1S/C15H22N2/c1-12-15-9-8-14(11-16(12)2)17(15)10-13-6-4-3-5-7-13/h3-7,12,14-15H,8-11H2,1-2H3. The summed E-state index contributed by atoms with van der Waals surface area (Å²) in [5.74, 6) is 0. The van der Waals surface area contributed by atoms with Gasteiger partial charge >= 0.3 is 0 Å². The summed E-state index contributed by atoms with van der Waals surface area (Å²) in [7, 11) is 2.27. The smallest absolute Gasteiger partial charge is 0.0256 e. The topological polar surface area (TPSA) is 6.48 Å². The number of piperazine rings is 1. The Hall–Kier alpha value is -0.860. The van der Waals surface area contributed by atoms with Crippen LogP contribution in [0.3, 0.4) is 0 Å². The van der Waals surface area contributed by atoms with Crippen LogP contribution < -0.4 is 0 Å². The Morgan fingerprint density at radius 2 is 1.94 bits per heavy atom. The maximum Gasteiger partial charge on any atom is 0.0256 e. The molecule has 92 valence electrons. The first-order valence-electron chi connectivity index (χ1n) is 6.75. The van der Waals surface area contributed by atoms with E-state index in [0.717, 1.165) is 18.6 Å². The highest BCUT2D eigenvalue weighted by atomic mass is 15.3. The van der Waals surface area contributed by atoms with E-state index in [4.69, 9.17) is 0 Å². The third-order valence-electron chi connectivity index (χ3n) is 4.65. The van der Waals surface area contributed by atoms with E-state index in [1.165, 1.54) is 24.9 Å². The van der Waals surface area contributed by atoms with Gasteiger partial charge < -0.3 is 4.90 Å². The van der Waals surface area contributed by atoms with Gasteiger partial charge in [-0.05, 0) is 32.4 Å². The fraction of sp³-hybridized carbons (Fsp3) is 0.600. The van der Waals surface area contributed by atoms with Crippen LogP contribution in [0.1, 0.15) is 25.3 Å². The van der Waals surface area contributed by atoms with E-state index in [1.807, 2.05) is 0 Å². The van der Waals surface area contributed by atoms with Crippen molar-refractivity contribution in [2.24, 2.45) is 0 Å². The van der Waals surface area contributed by atoms with Crippen molar-refractivity contribution in [1.29, 1.82) is 0 Å². The average Bonchev–Trinajstić information content (AvgIpc) is 2.65. The Morgan fingerprint density at radius 3 is 2.71 bits per heavy atom. The first kappa shape index (κ1) is 11.2. The summed E-state index contributed by atoms with van der Waals surface area (Å²) < 4.78 is 0. The van der Waals surface area contributed by atoms with Crippen molar-refractivity contribution >= 4 is 0 Å². The highest BCUT2D eigenvalue weighted by Crippen LogP contribution is 2.34. The minimum absolute atomic E-state index is 0.706. The van der Waals surface area contributed by atoms with Gasteiger partial charge in [-0.15, -0.1) is 0 Å². The van der Waals surface area contributed by atoms with Crippen LogP contribution in [0.15, 0.2) is 30.3 Å². The zero-order valence-electron chi connectivity index (χ0n) is 10.8. The van der Waals surface area contributed by atoms with Gasteiger partial charge in [-0.3, -0.25) is 4.90 Å². The van der Waals surface area contributed by atoms with Gasteiger partial charge in [0.25, 0.3) is 0 Å². The molecule has 0 aliphatic carbocycles. The molecule has 2 bridgehead atoms. The van der Waals surface area contributed by atoms with Crippen LogP contribution >= 0.6 is 0 Å². The van der Waals surface area contributed by atoms with Gasteiger partial charge in [-0.2, -0.15) is 0 Å². The monoisotopic (exact) mass is 230 g/mol. The minimum Gasteiger partial charge on any atom is -0.301 e. The number of nitrogens with zero attached hydrogens (tertiary/aromatic N) is 2. The van der Waals surface area contributed by atoms with Crippen LogP contribution in [0.4, 0.5) is 0 Å². The van der Waals surface area contributed by atoms with E-state index >= 15 is 0 Å². The molecule has 0 saturated carbocycles. The normalized spacial score (nSPS) is 34.1. The number of likely N-dealkylation sites (N-methyl/N-ethyl adjacent to an activating group) is 1. The Balaban J connectivity index is 1.76. The lowest BCUT2D eigenvalue weighted by Gasteiger charge is -2.44. The second-order valence-electron chi connectivity index (χ2n) is 5.64. The van der Waals surface area contributed by atoms with E-state index in [-0.39, 0.29) is 0 Å². The number of benzene rings is 1. The van der Waals surface area contributed by atoms with Crippen molar-refractivity contribution in [1.82, 2.24) is 9.80 Å². The van der Waals surface area contributed by atoms with Crippen molar-refractivity contribution in [3.8, 4) is 0 Å². The van der Waals surface area contributed by atoms with Crippen molar-refractivity contribution in [3.63, 3.8) is 0 Å².